The van der Waals surface area contributed by atoms with E-state index in [-0.39, 0.29) is 24.3 Å². The van der Waals surface area contributed by atoms with E-state index in [1.54, 1.807) is 24.1 Å². The number of hydrogen-bond acceptors (Lipinski definition) is 5. The molecule has 9 nitrogen and oxygen atoms in total. The van der Waals surface area contributed by atoms with Crippen LogP contribution in [-0.4, -0.2) is 80.1 Å². The van der Waals surface area contributed by atoms with Gasteiger partial charge in [-0.15, -0.1) is 0 Å². The third-order valence-electron chi connectivity index (χ3n) is 6.05. The zero-order chi connectivity index (χ0) is 23.2. The monoisotopic (exact) mass is 451 g/mol. The summed E-state index contributed by atoms with van der Waals surface area (Å²) in [6, 6.07) is 15.7. The Kier molecular flexibility index (Phi) is 6.97. The van der Waals surface area contributed by atoms with Crippen LogP contribution in [0.2, 0.25) is 0 Å². The summed E-state index contributed by atoms with van der Waals surface area (Å²) < 4.78 is 5.21. The predicted molar refractivity (Wildman–Crippen MR) is 125 cm³/mol. The van der Waals surface area contributed by atoms with Crippen LogP contribution >= 0.6 is 0 Å². The first kappa shape index (κ1) is 22.4. The normalized spacial score (nSPS) is 18.5. The first-order valence-electron chi connectivity index (χ1n) is 11.1. The summed E-state index contributed by atoms with van der Waals surface area (Å²) in [6.45, 7) is 3.25. The van der Waals surface area contributed by atoms with E-state index >= 15 is 0 Å². The van der Waals surface area contributed by atoms with Crippen LogP contribution in [0.4, 0.5) is 16.2 Å². The Bertz CT molecular complexity index is 974. The van der Waals surface area contributed by atoms with Gasteiger partial charge in [0.15, 0.2) is 0 Å². The molecule has 2 heterocycles. The number of carbonyl (C=O) groups is 3. The fraction of sp³-hybridized carbons (Fsp3) is 0.375. The van der Waals surface area contributed by atoms with Crippen LogP contribution in [0.15, 0.2) is 54.6 Å². The molecule has 1 atom stereocenters. The first-order valence-corrected chi connectivity index (χ1v) is 11.1. The molecule has 2 aromatic carbocycles. The Morgan fingerprint density at radius 1 is 1.00 bits per heavy atom. The quantitative estimate of drug-likeness (QED) is 0.723. The molecule has 0 radical (unpaired) electrons. The van der Waals surface area contributed by atoms with Crippen LogP contribution in [0, 0.1) is 0 Å². The van der Waals surface area contributed by atoms with E-state index in [1.807, 2.05) is 42.5 Å². The summed E-state index contributed by atoms with van der Waals surface area (Å²) in [5, 5.41) is 5.59. The Balaban J connectivity index is 1.34. The average molecular weight is 452 g/mol. The topological polar surface area (TPSA) is 94.2 Å². The molecule has 33 heavy (non-hydrogen) atoms. The molecule has 4 rings (SSSR count). The molecule has 4 amide bonds. The average Bonchev–Trinajstić information content (AvgIpc) is 2.86. The van der Waals surface area contributed by atoms with Crippen molar-refractivity contribution in [3.63, 3.8) is 0 Å². The number of para-hydroxylation sites is 1. The van der Waals surface area contributed by atoms with Crippen molar-refractivity contribution >= 4 is 29.2 Å². The molecule has 0 aliphatic carbocycles. The molecule has 1 unspecified atom stereocenters. The lowest BCUT2D eigenvalue weighted by atomic mass is 10.1. The lowest BCUT2D eigenvalue weighted by Crippen LogP contribution is -2.60. The van der Waals surface area contributed by atoms with Crippen LogP contribution in [0.25, 0.3) is 0 Å². The van der Waals surface area contributed by atoms with E-state index in [0.29, 0.717) is 45.0 Å². The van der Waals surface area contributed by atoms with Gasteiger partial charge in [-0.1, -0.05) is 18.2 Å². The zero-order valence-corrected chi connectivity index (χ0v) is 18.7. The van der Waals surface area contributed by atoms with Gasteiger partial charge in [0.1, 0.15) is 11.8 Å². The van der Waals surface area contributed by atoms with Gasteiger partial charge >= 0.3 is 6.03 Å². The summed E-state index contributed by atoms with van der Waals surface area (Å²) in [5.74, 6) is 0.387. The highest BCUT2D eigenvalue weighted by Gasteiger charge is 2.36. The van der Waals surface area contributed by atoms with Gasteiger partial charge in [0.25, 0.3) is 0 Å². The maximum atomic E-state index is 13.0. The van der Waals surface area contributed by atoms with Gasteiger partial charge in [0, 0.05) is 50.6 Å². The second-order valence-corrected chi connectivity index (χ2v) is 8.07. The number of urea groups is 1. The van der Waals surface area contributed by atoms with Gasteiger partial charge in [0.05, 0.1) is 13.5 Å². The van der Waals surface area contributed by atoms with E-state index in [1.165, 1.54) is 4.90 Å². The second-order valence-electron chi connectivity index (χ2n) is 8.07. The third kappa shape index (κ3) is 5.36. The molecule has 0 bridgehead atoms. The molecule has 0 aromatic heterocycles. The van der Waals surface area contributed by atoms with Crippen LogP contribution < -0.4 is 20.3 Å². The molecular weight excluding hydrogens is 422 g/mol. The standard InChI is InChI=1S/C24H29N5O4/c1-33-20-9-7-19(8-10-20)27-13-15-28(16-14-27)22(30)17-21-23(31)25-11-12-29(21)24(32)26-18-5-3-2-4-6-18/h2-10,21H,11-17H2,1H3,(H,25,31)(H,26,32). The van der Waals surface area contributed by atoms with Gasteiger partial charge in [-0.25, -0.2) is 4.79 Å². The van der Waals surface area contributed by atoms with Crippen molar-refractivity contribution < 1.29 is 19.1 Å². The smallest absolute Gasteiger partial charge is 0.322 e. The number of benzene rings is 2. The highest BCUT2D eigenvalue weighted by Crippen LogP contribution is 2.21. The van der Waals surface area contributed by atoms with Crippen molar-refractivity contribution in [3.8, 4) is 5.75 Å². The Labute approximate surface area is 193 Å². The Morgan fingerprint density at radius 2 is 1.70 bits per heavy atom. The van der Waals surface area contributed by atoms with E-state index < -0.39 is 6.04 Å². The molecule has 2 aliphatic rings. The third-order valence-corrected chi connectivity index (χ3v) is 6.05. The number of carbonyl (C=O) groups excluding carboxylic acids is 3. The summed E-state index contributed by atoms with van der Waals surface area (Å²) >= 11 is 0. The number of methoxy groups -OCH3 is 1. The van der Waals surface area contributed by atoms with Crippen molar-refractivity contribution in [2.75, 3.05) is 56.6 Å². The van der Waals surface area contributed by atoms with E-state index in [0.717, 1.165) is 11.4 Å². The fourth-order valence-electron chi connectivity index (χ4n) is 4.18. The molecule has 0 spiro atoms. The van der Waals surface area contributed by atoms with Crippen molar-refractivity contribution in [1.29, 1.82) is 0 Å². The number of anilines is 2. The van der Waals surface area contributed by atoms with Crippen molar-refractivity contribution in [1.82, 2.24) is 15.1 Å². The van der Waals surface area contributed by atoms with Crippen LogP contribution in [0.5, 0.6) is 5.75 Å². The largest absolute Gasteiger partial charge is 0.497 e. The second kappa shape index (κ2) is 10.2. The maximum absolute atomic E-state index is 13.0. The van der Waals surface area contributed by atoms with Gasteiger partial charge in [-0.05, 0) is 36.4 Å². The van der Waals surface area contributed by atoms with Gasteiger partial charge < -0.3 is 30.1 Å². The number of amides is 4. The van der Waals surface area contributed by atoms with E-state index in [4.69, 9.17) is 4.74 Å². The number of nitrogens with one attached hydrogen (secondary N) is 2. The molecule has 2 fully saturated rings. The molecular formula is C24H29N5O4. The number of piperazine rings is 2. The molecule has 2 saturated heterocycles. The molecule has 2 N–H and O–H groups in total. The van der Waals surface area contributed by atoms with Crippen molar-refractivity contribution in [3.05, 3.63) is 54.6 Å². The predicted octanol–water partition coefficient (Wildman–Crippen LogP) is 1.77. The molecule has 2 aliphatic heterocycles. The SMILES string of the molecule is COc1ccc(N2CCN(C(=O)CC3C(=O)NCCN3C(=O)Nc3ccccc3)CC2)cc1. The summed E-state index contributed by atoms with van der Waals surface area (Å²) in [5.41, 5.74) is 1.73. The maximum Gasteiger partial charge on any atom is 0.322 e. The van der Waals surface area contributed by atoms with Crippen LogP contribution in [0.3, 0.4) is 0 Å². The van der Waals surface area contributed by atoms with Gasteiger partial charge in [-0.3, -0.25) is 9.59 Å². The summed E-state index contributed by atoms with van der Waals surface area (Å²) in [4.78, 5) is 43.8. The van der Waals surface area contributed by atoms with E-state index in [2.05, 4.69) is 15.5 Å². The lowest BCUT2D eigenvalue weighted by molar-refractivity contribution is -0.137. The molecule has 9 heteroatoms. The van der Waals surface area contributed by atoms with Crippen molar-refractivity contribution in [2.24, 2.45) is 0 Å². The van der Waals surface area contributed by atoms with Gasteiger partial charge in [0.2, 0.25) is 11.8 Å². The van der Waals surface area contributed by atoms with Crippen molar-refractivity contribution in [2.45, 2.75) is 12.5 Å². The minimum atomic E-state index is -0.824. The Hall–Kier alpha value is -3.75. The minimum Gasteiger partial charge on any atom is -0.497 e. The minimum absolute atomic E-state index is 0.0312. The molecule has 174 valence electrons. The number of ether oxygens (including phenoxy) is 1. The molecule has 0 saturated carbocycles. The first-order chi connectivity index (χ1) is 16.0. The Morgan fingerprint density at radius 3 is 2.36 bits per heavy atom. The summed E-state index contributed by atoms with van der Waals surface area (Å²) in [7, 11) is 1.64. The zero-order valence-electron chi connectivity index (χ0n) is 18.7. The summed E-state index contributed by atoms with van der Waals surface area (Å²) in [6.07, 6.45) is -0.0312. The number of nitrogens with zero attached hydrogens (tertiary/aromatic N) is 3. The lowest BCUT2D eigenvalue weighted by Gasteiger charge is -2.38. The highest BCUT2D eigenvalue weighted by molar-refractivity contribution is 5.96. The molecule has 2 aromatic rings. The van der Waals surface area contributed by atoms with Gasteiger partial charge in [-0.2, -0.15) is 0 Å². The fourth-order valence-corrected chi connectivity index (χ4v) is 4.18. The highest BCUT2D eigenvalue weighted by atomic mass is 16.5. The van der Waals surface area contributed by atoms with E-state index in [9.17, 15) is 14.4 Å². The van der Waals surface area contributed by atoms with Crippen LogP contribution in [0.1, 0.15) is 6.42 Å². The van der Waals surface area contributed by atoms with Crippen LogP contribution in [-0.2, 0) is 9.59 Å². The number of rotatable bonds is 5. The number of hydrogen-bond donors (Lipinski definition) is 2.